The Kier molecular flexibility index (Phi) is 4.31. The van der Waals surface area contributed by atoms with Crippen LogP contribution >= 0.6 is 0 Å². The molecule has 1 unspecified atom stereocenters. The Balaban J connectivity index is 2.32. The van der Waals surface area contributed by atoms with Gasteiger partial charge in [-0.1, -0.05) is 0 Å². The van der Waals surface area contributed by atoms with Crippen LogP contribution in [0.25, 0.3) is 0 Å². The van der Waals surface area contributed by atoms with Crippen LogP contribution in [0.1, 0.15) is 18.4 Å². The molecule has 2 rings (SSSR count). The maximum absolute atomic E-state index is 13.7. The first-order chi connectivity index (χ1) is 9.36. The quantitative estimate of drug-likeness (QED) is 0.816. The molecule has 0 amide bonds. The van der Waals surface area contributed by atoms with Crippen molar-refractivity contribution in [3.8, 4) is 0 Å². The van der Waals surface area contributed by atoms with Crippen LogP contribution in [-0.4, -0.2) is 37.5 Å². The number of nitrogens with zero attached hydrogens (tertiary/aromatic N) is 1. The number of nitrogens with two attached hydrogens (primary N) is 1. The number of nitrogen functional groups attached to an aromatic ring is 1. The SMILES string of the molecule is Cc1c(F)cc(N)cc1S(=O)(=O)N1CCC(CCO)C1. The summed E-state index contributed by atoms with van der Waals surface area (Å²) in [6, 6.07) is 2.42. The van der Waals surface area contributed by atoms with Crippen molar-refractivity contribution >= 4 is 15.7 Å². The van der Waals surface area contributed by atoms with Gasteiger partial charge >= 0.3 is 0 Å². The number of aliphatic hydroxyl groups is 1. The van der Waals surface area contributed by atoms with Gasteiger partial charge in [0.25, 0.3) is 0 Å². The van der Waals surface area contributed by atoms with E-state index in [0.717, 1.165) is 6.07 Å². The molecule has 0 aromatic heterocycles. The molecule has 20 heavy (non-hydrogen) atoms. The number of hydrogen-bond acceptors (Lipinski definition) is 4. The Labute approximate surface area is 118 Å². The summed E-state index contributed by atoms with van der Waals surface area (Å²) in [4.78, 5) is -0.0698. The van der Waals surface area contributed by atoms with Crippen LogP contribution < -0.4 is 5.73 Å². The van der Waals surface area contributed by atoms with E-state index in [0.29, 0.717) is 25.9 Å². The lowest BCUT2D eigenvalue weighted by Crippen LogP contribution is -2.29. The molecule has 1 saturated heterocycles. The second-order valence-corrected chi connectivity index (χ2v) is 7.06. The Morgan fingerprint density at radius 3 is 2.85 bits per heavy atom. The molecule has 1 fully saturated rings. The summed E-state index contributed by atoms with van der Waals surface area (Å²) in [5.41, 5.74) is 5.73. The van der Waals surface area contributed by atoms with Crippen molar-refractivity contribution in [3.63, 3.8) is 0 Å². The van der Waals surface area contributed by atoms with Gasteiger partial charge in [-0.05, 0) is 37.8 Å². The summed E-state index contributed by atoms with van der Waals surface area (Å²) in [5.74, 6) is -0.462. The van der Waals surface area contributed by atoms with Crippen LogP contribution in [0, 0.1) is 18.7 Å². The van der Waals surface area contributed by atoms with Crippen LogP contribution in [0.3, 0.4) is 0 Å². The largest absolute Gasteiger partial charge is 0.399 e. The summed E-state index contributed by atoms with van der Waals surface area (Å²) in [7, 11) is -3.73. The van der Waals surface area contributed by atoms with E-state index < -0.39 is 15.8 Å². The fourth-order valence-electron chi connectivity index (χ4n) is 2.51. The highest BCUT2D eigenvalue weighted by Crippen LogP contribution is 2.29. The van der Waals surface area contributed by atoms with Gasteiger partial charge in [0, 0.05) is 30.9 Å². The third kappa shape index (κ3) is 2.79. The van der Waals surface area contributed by atoms with Crippen molar-refractivity contribution in [1.29, 1.82) is 0 Å². The predicted octanol–water partition coefficient (Wildman–Crippen LogP) is 1.11. The maximum Gasteiger partial charge on any atom is 0.243 e. The second kappa shape index (κ2) is 5.67. The molecule has 0 radical (unpaired) electrons. The van der Waals surface area contributed by atoms with Crippen molar-refractivity contribution in [3.05, 3.63) is 23.5 Å². The molecule has 0 spiro atoms. The fraction of sp³-hybridized carbons (Fsp3) is 0.538. The first-order valence-corrected chi connectivity index (χ1v) is 7.97. The van der Waals surface area contributed by atoms with Crippen LogP contribution in [0.5, 0.6) is 0 Å². The molecule has 1 atom stereocenters. The highest BCUT2D eigenvalue weighted by Gasteiger charge is 2.33. The number of benzene rings is 1. The monoisotopic (exact) mass is 302 g/mol. The van der Waals surface area contributed by atoms with Gasteiger partial charge in [0.15, 0.2) is 0 Å². The zero-order valence-electron chi connectivity index (χ0n) is 11.3. The van der Waals surface area contributed by atoms with Crippen LogP contribution in [0.2, 0.25) is 0 Å². The van der Waals surface area contributed by atoms with Gasteiger partial charge in [-0.2, -0.15) is 4.31 Å². The number of rotatable bonds is 4. The molecule has 1 aliphatic heterocycles. The highest BCUT2D eigenvalue weighted by molar-refractivity contribution is 7.89. The summed E-state index contributed by atoms with van der Waals surface area (Å²) >= 11 is 0. The molecule has 0 bridgehead atoms. The number of hydrogen-bond donors (Lipinski definition) is 2. The van der Waals surface area contributed by atoms with E-state index in [4.69, 9.17) is 10.8 Å². The molecule has 7 heteroatoms. The smallest absolute Gasteiger partial charge is 0.243 e. The minimum atomic E-state index is -3.73. The molecule has 1 heterocycles. The lowest BCUT2D eigenvalue weighted by atomic mass is 10.1. The van der Waals surface area contributed by atoms with E-state index in [-0.39, 0.29) is 28.7 Å². The Bertz CT molecular complexity index is 604. The Morgan fingerprint density at radius 1 is 1.50 bits per heavy atom. The van der Waals surface area contributed by atoms with Crippen molar-refractivity contribution in [2.45, 2.75) is 24.7 Å². The Hall–Kier alpha value is -1.18. The van der Waals surface area contributed by atoms with Gasteiger partial charge < -0.3 is 10.8 Å². The minimum Gasteiger partial charge on any atom is -0.399 e. The number of anilines is 1. The molecule has 5 nitrogen and oxygen atoms in total. The fourth-order valence-corrected chi connectivity index (χ4v) is 4.31. The lowest BCUT2D eigenvalue weighted by molar-refractivity contribution is 0.259. The molecule has 1 aromatic carbocycles. The van der Waals surface area contributed by atoms with Crippen LogP contribution in [0.15, 0.2) is 17.0 Å². The normalized spacial score (nSPS) is 20.4. The average molecular weight is 302 g/mol. The third-order valence-corrected chi connectivity index (χ3v) is 5.71. The molecule has 1 aliphatic rings. The van der Waals surface area contributed by atoms with Gasteiger partial charge in [0.05, 0.1) is 4.90 Å². The first kappa shape index (κ1) is 15.2. The number of aliphatic hydroxyl groups excluding tert-OH is 1. The van der Waals surface area contributed by atoms with Gasteiger partial charge in [-0.25, -0.2) is 12.8 Å². The molecule has 0 saturated carbocycles. The van der Waals surface area contributed by atoms with E-state index >= 15 is 0 Å². The average Bonchev–Trinajstić information content (AvgIpc) is 2.83. The van der Waals surface area contributed by atoms with Crippen molar-refractivity contribution < 1.29 is 17.9 Å². The van der Waals surface area contributed by atoms with E-state index in [1.165, 1.54) is 17.3 Å². The Morgan fingerprint density at radius 2 is 2.20 bits per heavy atom. The van der Waals surface area contributed by atoms with Gasteiger partial charge in [0.2, 0.25) is 10.0 Å². The van der Waals surface area contributed by atoms with Crippen molar-refractivity contribution in [2.75, 3.05) is 25.4 Å². The topological polar surface area (TPSA) is 83.6 Å². The molecular weight excluding hydrogens is 283 g/mol. The summed E-state index contributed by atoms with van der Waals surface area (Å²) < 4.78 is 40.1. The number of halogens is 1. The maximum atomic E-state index is 13.7. The first-order valence-electron chi connectivity index (χ1n) is 6.53. The molecule has 1 aromatic rings. The zero-order valence-corrected chi connectivity index (χ0v) is 12.2. The van der Waals surface area contributed by atoms with Crippen molar-refractivity contribution in [2.24, 2.45) is 5.92 Å². The molecule has 3 N–H and O–H groups in total. The van der Waals surface area contributed by atoms with E-state index in [1.807, 2.05) is 0 Å². The summed E-state index contributed by atoms with van der Waals surface area (Å²) in [5, 5.41) is 8.92. The lowest BCUT2D eigenvalue weighted by Gasteiger charge is -2.18. The summed E-state index contributed by atoms with van der Waals surface area (Å²) in [6.45, 7) is 2.23. The highest BCUT2D eigenvalue weighted by atomic mass is 32.2. The minimum absolute atomic E-state index is 0.0461. The zero-order chi connectivity index (χ0) is 14.9. The number of sulfonamides is 1. The van der Waals surface area contributed by atoms with Gasteiger partial charge in [-0.3, -0.25) is 0 Å². The van der Waals surface area contributed by atoms with E-state index in [1.54, 1.807) is 0 Å². The predicted molar refractivity (Wildman–Crippen MR) is 74.1 cm³/mol. The second-order valence-electron chi connectivity index (χ2n) is 5.16. The van der Waals surface area contributed by atoms with E-state index in [9.17, 15) is 12.8 Å². The molecule has 112 valence electrons. The third-order valence-electron chi connectivity index (χ3n) is 3.72. The van der Waals surface area contributed by atoms with Gasteiger partial charge in [0.1, 0.15) is 5.82 Å². The van der Waals surface area contributed by atoms with Crippen LogP contribution in [-0.2, 0) is 10.0 Å². The summed E-state index contributed by atoms with van der Waals surface area (Å²) in [6.07, 6.45) is 1.29. The van der Waals surface area contributed by atoms with E-state index in [2.05, 4.69) is 0 Å². The molecule has 0 aliphatic carbocycles. The standard InChI is InChI=1S/C13H19FN2O3S/c1-9-12(14)6-11(15)7-13(9)20(18,19)16-4-2-10(8-16)3-5-17/h6-7,10,17H,2-5,8,15H2,1H3. The molecular formula is C13H19FN2O3S. The van der Waals surface area contributed by atoms with Gasteiger partial charge in [-0.15, -0.1) is 0 Å². The van der Waals surface area contributed by atoms with Crippen LogP contribution in [0.4, 0.5) is 10.1 Å². The van der Waals surface area contributed by atoms with Crippen molar-refractivity contribution in [1.82, 2.24) is 4.31 Å².